The van der Waals surface area contributed by atoms with Crippen molar-refractivity contribution >= 4 is 27.8 Å². The zero-order valence-corrected chi connectivity index (χ0v) is 17.9. The van der Waals surface area contributed by atoms with Gasteiger partial charge in [0, 0.05) is 23.2 Å². The number of sulfonamides is 1. The van der Waals surface area contributed by atoms with Crippen LogP contribution in [-0.2, 0) is 14.8 Å². The van der Waals surface area contributed by atoms with Gasteiger partial charge in [-0.25, -0.2) is 13.2 Å². The summed E-state index contributed by atoms with van der Waals surface area (Å²) in [6, 6.07) is 10.8. The van der Waals surface area contributed by atoms with Gasteiger partial charge in [-0.3, -0.25) is 4.72 Å². The monoisotopic (exact) mass is 443 g/mol. The van der Waals surface area contributed by atoms with E-state index in [-0.39, 0.29) is 16.6 Å². The molecule has 0 bridgehead atoms. The van der Waals surface area contributed by atoms with Crippen LogP contribution in [0.1, 0.15) is 31.2 Å². The van der Waals surface area contributed by atoms with Gasteiger partial charge in [-0.2, -0.15) is 4.98 Å². The highest BCUT2D eigenvalue weighted by Gasteiger charge is 2.20. The molecule has 0 fully saturated rings. The molecule has 3 aromatic rings. The summed E-state index contributed by atoms with van der Waals surface area (Å²) >= 11 is 0. The lowest BCUT2D eigenvalue weighted by Crippen LogP contribution is -2.14. The van der Waals surface area contributed by atoms with Crippen molar-refractivity contribution in [3.8, 4) is 17.2 Å². The van der Waals surface area contributed by atoms with Crippen LogP contribution in [0, 0.1) is 0 Å². The molecule has 2 aromatic carbocycles. The number of nitrogens with zero attached hydrogens (tertiary/aromatic N) is 2. The molecule has 0 aliphatic rings. The van der Waals surface area contributed by atoms with E-state index in [9.17, 15) is 13.2 Å². The van der Waals surface area contributed by atoms with Gasteiger partial charge < -0.3 is 14.4 Å². The Bertz CT molecular complexity index is 1210. The highest BCUT2D eigenvalue weighted by molar-refractivity contribution is 7.92. The van der Waals surface area contributed by atoms with Crippen molar-refractivity contribution in [3.05, 3.63) is 59.9 Å². The Morgan fingerprint density at radius 1 is 1.19 bits per heavy atom. The quantitative estimate of drug-likeness (QED) is 0.503. The van der Waals surface area contributed by atoms with E-state index < -0.39 is 16.0 Å². The molecule has 2 N–H and O–H groups in total. The first-order valence-electron chi connectivity index (χ1n) is 9.25. The first-order valence-corrected chi connectivity index (χ1v) is 10.7. The Hall–Kier alpha value is -3.66. The maximum absolute atomic E-state index is 12.9. The second kappa shape index (κ2) is 9.00. The van der Waals surface area contributed by atoms with Crippen molar-refractivity contribution in [2.24, 2.45) is 0 Å². The standard InChI is InChI=1S/C21H21N3O6S/c1-13(2)20-22-21(30-23-20)15-6-8-16(9-7-15)24-31(27,28)18-12-14(5-11-19(25)26)4-10-17(18)29-3/h4-13,24H,1-3H3,(H,25,26)/b11-5+. The topological polar surface area (TPSA) is 132 Å². The van der Waals surface area contributed by atoms with Crippen LogP contribution in [0.5, 0.6) is 5.75 Å². The van der Waals surface area contributed by atoms with Crippen LogP contribution in [0.2, 0.25) is 0 Å². The third kappa shape index (κ3) is 5.28. The molecule has 0 unspecified atom stereocenters. The lowest BCUT2D eigenvalue weighted by molar-refractivity contribution is -0.131. The Kier molecular flexibility index (Phi) is 6.40. The van der Waals surface area contributed by atoms with E-state index >= 15 is 0 Å². The third-order valence-corrected chi connectivity index (χ3v) is 5.64. The molecule has 0 saturated heterocycles. The van der Waals surface area contributed by atoms with Gasteiger partial charge in [-0.15, -0.1) is 0 Å². The number of anilines is 1. The Balaban J connectivity index is 1.86. The summed E-state index contributed by atoms with van der Waals surface area (Å²) in [7, 11) is -2.66. The van der Waals surface area contributed by atoms with Crippen LogP contribution in [0.4, 0.5) is 5.69 Å². The van der Waals surface area contributed by atoms with E-state index in [0.29, 0.717) is 28.5 Å². The fraction of sp³-hybridized carbons (Fsp3) is 0.190. The van der Waals surface area contributed by atoms with Crippen LogP contribution in [-0.4, -0.2) is 36.7 Å². The van der Waals surface area contributed by atoms with Gasteiger partial charge in [-0.05, 0) is 48.0 Å². The van der Waals surface area contributed by atoms with Gasteiger partial charge in [0.25, 0.3) is 15.9 Å². The van der Waals surface area contributed by atoms with E-state index in [1.807, 2.05) is 13.8 Å². The zero-order valence-electron chi connectivity index (χ0n) is 17.1. The van der Waals surface area contributed by atoms with E-state index in [2.05, 4.69) is 14.9 Å². The van der Waals surface area contributed by atoms with Gasteiger partial charge in [0.2, 0.25) is 0 Å². The molecule has 9 nitrogen and oxygen atoms in total. The zero-order chi connectivity index (χ0) is 22.6. The average molecular weight is 443 g/mol. The smallest absolute Gasteiger partial charge is 0.328 e. The van der Waals surface area contributed by atoms with Gasteiger partial charge in [0.05, 0.1) is 7.11 Å². The molecular weight excluding hydrogens is 422 g/mol. The number of carbonyl (C=O) groups is 1. The molecule has 10 heteroatoms. The first kappa shape index (κ1) is 22.0. The summed E-state index contributed by atoms with van der Waals surface area (Å²) in [6.45, 7) is 3.90. The van der Waals surface area contributed by atoms with Gasteiger partial charge in [0.15, 0.2) is 5.82 Å². The van der Waals surface area contributed by atoms with Gasteiger partial charge in [0.1, 0.15) is 10.6 Å². The number of aromatic nitrogens is 2. The minimum Gasteiger partial charge on any atom is -0.495 e. The number of methoxy groups -OCH3 is 1. The number of ether oxygens (including phenoxy) is 1. The molecule has 3 rings (SSSR count). The summed E-state index contributed by atoms with van der Waals surface area (Å²) in [6.07, 6.45) is 2.22. The van der Waals surface area contributed by atoms with Crippen LogP contribution < -0.4 is 9.46 Å². The number of hydrogen-bond donors (Lipinski definition) is 2. The second-order valence-electron chi connectivity index (χ2n) is 6.88. The predicted octanol–water partition coefficient (Wildman–Crippen LogP) is 3.77. The van der Waals surface area contributed by atoms with E-state index in [1.165, 1.54) is 25.3 Å². The molecule has 1 heterocycles. The Morgan fingerprint density at radius 2 is 1.90 bits per heavy atom. The number of rotatable bonds is 8. The second-order valence-corrected chi connectivity index (χ2v) is 8.53. The number of carboxylic acids is 1. The van der Waals surface area contributed by atoms with Gasteiger partial charge in [-0.1, -0.05) is 25.1 Å². The maximum atomic E-state index is 12.9. The Labute approximate surface area is 179 Å². The molecule has 0 aliphatic heterocycles. The molecule has 0 amide bonds. The summed E-state index contributed by atoms with van der Waals surface area (Å²) < 4.78 is 38.8. The van der Waals surface area contributed by atoms with Crippen molar-refractivity contribution in [1.82, 2.24) is 10.1 Å². The number of benzene rings is 2. The molecule has 0 saturated carbocycles. The molecule has 0 atom stereocenters. The lowest BCUT2D eigenvalue weighted by atomic mass is 10.2. The van der Waals surface area contributed by atoms with Crippen molar-refractivity contribution < 1.29 is 27.6 Å². The largest absolute Gasteiger partial charge is 0.495 e. The number of carboxylic acid groups (broad SMARTS) is 1. The Morgan fingerprint density at radius 3 is 2.48 bits per heavy atom. The van der Waals surface area contributed by atoms with E-state index in [1.54, 1.807) is 30.3 Å². The number of nitrogens with one attached hydrogen (secondary N) is 1. The molecule has 31 heavy (non-hydrogen) atoms. The van der Waals surface area contributed by atoms with Crippen molar-refractivity contribution in [3.63, 3.8) is 0 Å². The molecule has 0 radical (unpaired) electrons. The van der Waals surface area contributed by atoms with Crippen molar-refractivity contribution in [1.29, 1.82) is 0 Å². The van der Waals surface area contributed by atoms with Crippen molar-refractivity contribution in [2.75, 3.05) is 11.8 Å². The maximum Gasteiger partial charge on any atom is 0.328 e. The molecule has 0 spiro atoms. The third-order valence-electron chi connectivity index (χ3n) is 4.24. The number of hydrogen-bond acceptors (Lipinski definition) is 7. The molecule has 1 aromatic heterocycles. The lowest BCUT2D eigenvalue weighted by Gasteiger charge is -2.12. The SMILES string of the molecule is COc1ccc(/C=C/C(=O)O)cc1S(=O)(=O)Nc1ccc(-c2nc(C(C)C)no2)cc1. The van der Waals surface area contributed by atoms with Crippen LogP contribution in [0.15, 0.2) is 58.0 Å². The predicted molar refractivity (Wildman–Crippen MR) is 114 cm³/mol. The molecular formula is C21H21N3O6S. The number of aliphatic carboxylic acids is 1. The fourth-order valence-electron chi connectivity index (χ4n) is 2.65. The van der Waals surface area contributed by atoms with Crippen LogP contribution in [0.3, 0.4) is 0 Å². The van der Waals surface area contributed by atoms with Gasteiger partial charge >= 0.3 is 5.97 Å². The molecule has 0 aliphatic carbocycles. The summed E-state index contributed by atoms with van der Waals surface area (Å²) in [4.78, 5) is 14.9. The van der Waals surface area contributed by atoms with Crippen LogP contribution in [0.25, 0.3) is 17.5 Å². The minimum absolute atomic E-state index is 0.120. The minimum atomic E-state index is -4.01. The first-order chi connectivity index (χ1) is 14.7. The summed E-state index contributed by atoms with van der Waals surface area (Å²) in [5.74, 6) is 0.0462. The highest BCUT2D eigenvalue weighted by atomic mass is 32.2. The normalized spacial score (nSPS) is 11.7. The summed E-state index contributed by atoms with van der Waals surface area (Å²) in [5.41, 5.74) is 1.37. The highest BCUT2D eigenvalue weighted by Crippen LogP contribution is 2.28. The summed E-state index contributed by atoms with van der Waals surface area (Å²) in [5, 5.41) is 12.7. The van der Waals surface area contributed by atoms with Crippen molar-refractivity contribution in [2.45, 2.75) is 24.7 Å². The fourth-order valence-corrected chi connectivity index (χ4v) is 3.92. The van der Waals surface area contributed by atoms with E-state index in [4.69, 9.17) is 14.4 Å². The molecule has 162 valence electrons. The van der Waals surface area contributed by atoms with E-state index in [0.717, 1.165) is 6.08 Å². The average Bonchev–Trinajstić information content (AvgIpc) is 3.23. The van der Waals surface area contributed by atoms with Crippen LogP contribution >= 0.6 is 0 Å².